The minimum absolute atomic E-state index is 0.0421. The summed E-state index contributed by atoms with van der Waals surface area (Å²) in [5.74, 6) is 0.976. The minimum Gasteiger partial charge on any atom is -0.466 e. The maximum Gasteiger partial charge on any atom is 0.308 e. The molecule has 1 aromatic heterocycles. The van der Waals surface area contributed by atoms with Gasteiger partial charge in [-0.15, -0.1) is 0 Å². The average molecular weight is 460 g/mol. The van der Waals surface area contributed by atoms with Crippen LogP contribution in [0.25, 0.3) is 6.08 Å². The molecule has 130 valence electrons. The molecular weight excluding hydrogens is 439 g/mol. The van der Waals surface area contributed by atoms with Crippen LogP contribution in [-0.2, 0) is 9.53 Å². The molecule has 2 aliphatic rings. The first-order chi connectivity index (χ1) is 11.6. The summed E-state index contributed by atoms with van der Waals surface area (Å²) in [6, 6.07) is 0.394. The molecule has 1 aromatic rings. The van der Waals surface area contributed by atoms with Gasteiger partial charge in [0.05, 0.1) is 41.0 Å². The van der Waals surface area contributed by atoms with E-state index in [1.165, 1.54) is 0 Å². The Kier molecular flexibility index (Phi) is 5.85. The first-order valence-corrected chi connectivity index (χ1v) is 9.89. The predicted molar refractivity (Wildman–Crippen MR) is 104 cm³/mol. The molecule has 1 aliphatic heterocycles. The van der Waals surface area contributed by atoms with Crippen molar-refractivity contribution in [1.82, 2.24) is 12.5 Å². The number of halogens is 1. The lowest BCUT2D eigenvalue weighted by atomic mass is 9.85. The number of hydrogen-bond acceptors (Lipinski definition) is 7. The van der Waals surface area contributed by atoms with Gasteiger partial charge < -0.3 is 9.64 Å². The molecule has 1 saturated carbocycles. The normalized spacial score (nSPS) is 22.9. The second-order valence-electron chi connectivity index (χ2n) is 5.96. The summed E-state index contributed by atoms with van der Waals surface area (Å²) in [7, 11) is 2.09. The van der Waals surface area contributed by atoms with Crippen LogP contribution in [-0.4, -0.2) is 38.2 Å². The second-order valence-corrected chi connectivity index (χ2v) is 8.62. The van der Waals surface area contributed by atoms with E-state index in [0.717, 1.165) is 42.1 Å². The Hall–Kier alpha value is -1.03. The largest absolute Gasteiger partial charge is 0.466 e. The van der Waals surface area contributed by atoms with Crippen LogP contribution in [0, 0.1) is 5.92 Å². The molecule has 3 rings (SSSR count). The van der Waals surface area contributed by atoms with Gasteiger partial charge in [0.25, 0.3) is 0 Å². The first kappa shape index (κ1) is 17.8. The molecule has 24 heavy (non-hydrogen) atoms. The number of rotatable bonds is 4. The Bertz CT molecular complexity index is 635. The van der Waals surface area contributed by atoms with Gasteiger partial charge in [-0.3, -0.25) is 7.31 Å². The summed E-state index contributed by atoms with van der Waals surface area (Å²) >= 11 is 3.83. The van der Waals surface area contributed by atoms with E-state index in [1.807, 2.05) is 15.6 Å². The van der Waals surface area contributed by atoms with Crippen LogP contribution >= 0.6 is 34.8 Å². The Morgan fingerprint density at radius 2 is 2.17 bits per heavy atom. The molecule has 0 unspecified atom stereocenters. The molecule has 1 aliphatic carbocycles. The van der Waals surface area contributed by atoms with Crippen LogP contribution in [0.5, 0.6) is 0 Å². The number of esters is 1. The molecule has 0 atom stereocenters. The van der Waals surface area contributed by atoms with E-state index in [0.29, 0.717) is 12.6 Å². The molecule has 8 heteroatoms. The number of anilines is 1. The number of nitrogens with zero attached hydrogens (tertiary/aromatic N) is 4. The van der Waals surface area contributed by atoms with Gasteiger partial charge in [-0.25, -0.2) is 9.97 Å². The van der Waals surface area contributed by atoms with Crippen molar-refractivity contribution >= 4 is 52.7 Å². The van der Waals surface area contributed by atoms with Crippen LogP contribution in [0.15, 0.2) is 17.6 Å². The van der Waals surface area contributed by atoms with Gasteiger partial charge in [-0.1, -0.05) is 0 Å². The monoisotopic (exact) mass is 460 g/mol. The van der Waals surface area contributed by atoms with Crippen LogP contribution in [0.2, 0.25) is 0 Å². The van der Waals surface area contributed by atoms with Gasteiger partial charge in [0.15, 0.2) is 0 Å². The lowest BCUT2D eigenvalue weighted by molar-refractivity contribution is -0.149. The maximum atomic E-state index is 11.9. The fraction of sp³-hybridized carbons (Fsp3) is 0.562. The van der Waals surface area contributed by atoms with E-state index in [1.54, 1.807) is 18.3 Å². The highest BCUT2D eigenvalue weighted by Gasteiger charge is 2.30. The Morgan fingerprint density at radius 3 is 2.88 bits per heavy atom. The predicted octanol–water partition coefficient (Wildman–Crippen LogP) is 3.68. The van der Waals surface area contributed by atoms with E-state index in [4.69, 9.17) is 4.74 Å². The number of carbonyl (C=O) groups excluding carboxylic acids is 1. The molecule has 0 spiro atoms. The molecule has 6 nitrogen and oxygen atoms in total. The number of aromatic nitrogens is 2. The fourth-order valence-corrected chi connectivity index (χ4v) is 4.61. The standard InChI is InChI=1S/C16H21IN4O2S/c1-3-23-16(22)11-4-6-12(7-5-11)20(2)14-13-8-9-21(17)24-15(13)19-10-18-14/h8-12H,3-7H2,1-2H3. The SMILES string of the molecule is CCOC(=O)C1CCC(N(C)c2ncnc3c2C=CN(I)S3)CC1. The number of hydrogen-bond donors (Lipinski definition) is 0. The van der Waals surface area contributed by atoms with Crippen molar-refractivity contribution in [2.45, 2.75) is 43.7 Å². The zero-order valence-electron chi connectivity index (χ0n) is 13.8. The summed E-state index contributed by atoms with van der Waals surface area (Å²) in [4.78, 5) is 23.0. The highest BCUT2D eigenvalue weighted by atomic mass is 127. The van der Waals surface area contributed by atoms with E-state index in [2.05, 4.69) is 50.9 Å². The summed E-state index contributed by atoms with van der Waals surface area (Å²) in [6.07, 6.45) is 9.44. The zero-order chi connectivity index (χ0) is 17.1. The lowest BCUT2D eigenvalue weighted by Gasteiger charge is -2.35. The summed E-state index contributed by atoms with van der Waals surface area (Å²) in [5.41, 5.74) is 1.07. The van der Waals surface area contributed by atoms with Gasteiger partial charge in [0.2, 0.25) is 0 Å². The Labute approximate surface area is 160 Å². The molecular formula is C16H21IN4O2S. The topological polar surface area (TPSA) is 58.6 Å². The third kappa shape index (κ3) is 3.79. The van der Waals surface area contributed by atoms with Gasteiger partial charge in [-0.2, -0.15) is 0 Å². The number of fused-ring (bicyclic) bond motifs is 1. The van der Waals surface area contributed by atoms with E-state index >= 15 is 0 Å². The van der Waals surface area contributed by atoms with Crippen molar-refractivity contribution in [3.63, 3.8) is 0 Å². The average Bonchev–Trinajstić information content (AvgIpc) is 2.60. The van der Waals surface area contributed by atoms with Crippen LogP contribution in [0.1, 0.15) is 38.2 Å². The van der Waals surface area contributed by atoms with Crippen molar-refractivity contribution in [2.24, 2.45) is 5.92 Å². The van der Waals surface area contributed by atoms with Crippen LogP contribution in [0.4, 0.5) is 5.82 Å². The van der Waals surface area contributed by atoms with Crippen molar-refractivity contribution < 1.29 is 9.53 Å². The van der Waals surface area contributed by atoms with Gasteiger partial charge >= 0.3 is 5.97 Å². The smallest absolute Gasteiger partial charge is 0.308 e. The third-order valence-electron chi connectivity index (χ3n) is 4.56. The van der Waals surface area contributed by atoms with Crippen molar-refractivity contribution in [1.29, 1.82) is 0 Å². The van der Waals surface area contributed by atoms with Crippen molar-refractivity contribution in [3.8, 4) is 0 Å². The summed E-state index contributed by atoms with van der Waals surface area (Å²) < 4.78 is 7.16. The summed E-state index contributed by atoms with van der Waals surface area (Å²) in [6.45, 7) is 2.32. The number of carbonyl (C=O) groups is 1. The van der Waals surface area contributed by atoms with E-state index in [9.17, 15) is 4.79 Å². The highest BCUT2D eigenvalue weighted by Crippen LogP contribution is 2.38. The molecule has 1 fully saturated rings. The fourth-order valence-electron chi connectivity index (χ4n) is 3.25. The zero-order valence-corrected chi connectivity index (χ0v) is 16.8. The van der Waals surface area contributed by atoms with Crippen LogP contribution in [0.3, 0.4) is 0 Å². The molecule has 2 heterocycles. The maximum absolute atomic E-state index is 11.9. The highest BCUT2D eigenvalue weighted by molar-refractivity contribution is 14.1. The lowest BCUT2D eigenvalue weighted by Crippen LogP contribution is -2.38. The molecule has 0 radical (unpaired) electrons. The molecule has 0 N–H and O–H groups in total. The second kappa shape index (κ2) is 7.90. The molecule has 0 amide bonds. The van der Waals surface area contributed by atoms with Crippen LogP contribution < -0.4 is 4.90 Å². The minimum atomic E-state index is -0.0421. The van der Waals surface area contributed by atoms with Crippen molar-refractivity contribution in [2.75, 3.05) is 18.6 Å². The number of ether oxygens (including phenoxy) is 1. The van der Waals surface area contributed by atoms with Crippen molar-refractivity contribution in [3.05, 3.63) is 18.1 Å². The van der Waals surface area contributed by atoms with Gasteiger partial charge in [0.1, 0.15) is 17.2 Å². The quantitative estimate of drug-likeness (QED) is 0.223. The Balaban J connectivity index is 1.69. The van der Waals surface area contributed by atoms with Gasteiger partial charge in [0, 0.05) is 31.2 Å². The Morgan fingerprint density at radius 1 is 1.42 bits per heavy atom. The first-order valence-electron chi connectivity index (χ1n) is 8.15. The summed E-state index contributed by atoms with van der Waals surface area (Å²) in [5, 5.41) is 0.976. The molecule has 0 bridgehead atoms. The third-order valence-corrected chi connectivity index (χ3v) is 6.26. The van der Waals surface area contributed by atoms with E-state index in [-0.39, 0.29) is 11.9 Å². The van der Waals surface area contributed by atoms with Gasteiger partial charge in [-0.05, 0) is 38.7 Å². The van der Waals surface area contributed by atoms with E-state index < -0.39 is 0 Å². The molecule has 0 aromatic carbocycles. The molecule has 0 saturated heterocycles.